The summed E-state index contributed by atoms with van der Waals surface area (Å²) in [7, 11) is 0. The van der Waals surface area contributed by atoms with Gasteiger partial charge in [0.15, 0.2) is 5.96 Å². The Balaban J connectivity index is 1.68. The topological polar surface area (TPSA) is 68.8 Å². The van der Waals surface area contributed by atoms with Crippen molar-refractivity contribution < 1.29 is 4.79 Å². The molecular weight excluding hydrogens is 326 g/mol. The van der Waals surface area contributed by atoms with E-state index in [0.29, 0.717) is 19.1 Å². The molecule has 0 bridgehead atoms. The summed E-state index contributed by atoms with van der Waals surface area (Å²) in [4.78, 5) is 19.4. The Labute approximate surface area is 159 Å². The second-order valence-electron chi connectivity index (χ2n) is 7.65. The van der Waals surface area contributed by atoms with Gasteiger partial charge in [-0.2, -0.15) is 0 Å². The Hall–Kier alpha value is -1.30. The van der Waals surface area contributed by atoms with Gasteiger partial charge >= 0.3 is 0 Å². The maximum Gasteiger partial charge on any atom is 0.223 e. The largest absolute Gasteiger partial charge is 0.357 e. The molecule has 26 heavy (non-hydrogen) atoms. The molecule has 1 saturated heterocycles. The molecular formula is C20H39N5O. The molecule has 6 heteroatoms. The highest BCUT2D eigenvalue weighted by Gasteiger charge is 2.21. The van der Waals surface area contributed by atoms with E-state index >= 15 is 0 Å². The number of rotatable bonds is 8. The summed E-state index contributed by atoms with van der Waals surface area (Å²) >= 11 is 0. The van der Waals surface area contributed by atoms with E-state index in [2.05, 4.69) is 39.7 Å². The normalized spacial score (nSPS) is 20.8. The number of piperidine rings is 1. The van der Waals surface area contributed by atoms with E-state index in [1.54, 1.807) is 0 Å². The molecule has 2 fully saturated rings. The van der Waals surface area contributed by atoms with Gasteiger partial charge in [0.05, 0.1) is 6.54 Å². The number of nitrogens with zero attached hydrogens (tertiary/aromatic N) is 2. The van der Waals surface area contributed by atoms with Crippen LogP contribution < -0.4 is 16.0 Å². The van der Waals surface area contributed by atoms with Gasteiger partial charge in [-0.15, -0.1) is 0 Å². The fraction of sp³-hybridized carbons (Fsp3) is 0.900. The van der Waals surface area contributed by atoms with Crippen LogP contribution in [0.2, 0.25) is 0 Å². The maximum absolute atomic E-state index is 12.2. The monoisotopic (exact) mass is 365 g/mol. The quantitative estimate of drug-likeness (QED) is 0.350. The van der Waals surface area contributed by atoms with Crippen LogP contribution in [0, 0.1) is 5.92 Å². The van der Waals surface area contributed by atoms with Crippen molar-refractivity contribution in [1.29, 1.82) is 0 Å². The Bertz CT molecular complexity index is 426. The van der Waals surface area contributed by atoms with Crippen LogP contribution in [0.1, 0.15) is 65.2 Å². The lowest BCUT2D eigenvalue weighted by molar-refractivity contribution is -0.125. The van der Waals surface area contributed by atoms with Crippen LogP contribution >= 0.6 is 0 Å². The van der Waals surface area contributed by atoms with Crippen LogP contribution in [0.4, 0.5) is 0 Å². The van der Waals surface area contributed by atoms with Crippen LogP contribution in [0.3, 0.4) is 0 Å². The van der Waals surface area contributed by atoms with E-state index < -0.39 is 0 Å². The zero-order chi connectivity index (χ0) is 18.6. The molecule has 1 saturated carbocycles. The van der Waals surface area contributed by atoms with Crippen molar-refractivity contribution in [3.8, 4) is 0 Å². The van der Waals surface area contributed by atoms with E-state index in [0.717, 1.165) is 25.3 Å². The van der Waals surface area contributed by atoms with E-state index in [9.17, 15) is 4.79 Å². The standard InChI is InChI=1S/C20H39N5O/c1-3-14-25-15-10-18(11-16-25)24-20(21-4-2)23-13-12-22-19(26)17-8-6-5-7-9-17/h17-18H,3-16H2,1-2H3,(H,22,26)(H2,21,23,24). The third-order valence-corrected chi connectivity index (χ3v) is 5.47. The van der Waals surface area contributed by atoms with E-state index in [4.69, 9.17) is 0 Å². The number of amides is 1. The molecule has 6 nitrogen and oxygen atoms in total. The molecule has 1 amide bonds. The number of carbonyl (C=O) groups excluding carboxylic acids is 1. The number of hydrogen-bond donors (Lipinski definition) is 3. The fourth-order valence-electron chi connectivity index (χ4n) is 3.99. The molecule has 0 aromatic carbocycles. The van der Waals surface area contributed by atoms with E-state index in [-0.39, 0.29) is 11.8 Å². The van der Waals surface area contributed by atoms with Gasteiger partial charge in [-0.3, -0.25) is 9.79 Å². The summed E-state index contributed by atoms with van der Waals surface area (Å²) in [5.41, 5.74) is 0. The highest BCUT2D eigenvalue weighted by atomic mass is 16.1. The van der Waals surface area contributed by atoms with E-state index in [1.807, 2.05) is 0 Å². The summed E-state index contributed by atoms with van der Waals surface area (Å²) in [6.07, 6.45) is 9.35. The first-order valence-corrected chi connectivity index (χ1v) is 10.8. The van der Waals surface area contributed by atoms with Crippen molar-refractivity contribution in [3.05, 3.63) is 0 Å². The summed E-state index contributed by atoms with van der Waals surface area (Å²) in [5, 5.41) is 9.97. The summed E-state index contributed by atoms with van der Waals surface area (Å²) in [6.45, 7) is 9.99. The van der Waals surface area contributed by atoms with Gasteiger partial charge in [-0.1, -0.05) is 26.2 Å². The van der Waals surface area contributed by atoms with Gasteiger partial charge in [-0.25, -0.2) is 0 Å². The van der Waals surface area contributed by atoms with Gasteiger partial charge in [-0.05, 0) is 45.6 Å². The van der Waals surface area contributed by atoms with Crippen LogP contribution in [-0.4, -0.2) is 62.1 Å². The predicted octanol–water partition coefficient (Wildman–Crippen LogP) is 2.11. The minimum Gasteiger partial charge on any atom is -0.357 e. The average Bonchev–Trinajstić information content (AvgIpc) is 2.67. The molecule has 0 aromatic heterocycles. The molecule has 0 atom stereocenters. The zero-order valence-corrected chi connectivity index (χ0v) is 16.9. The lowest BCUT2D eigenvalue weighted by Crippen LogP contribution is -2.49. The maximum atomic E-state index is 12.2. The summed E-state index contributed by atoms with van der Waals surface area (Å²) in [5.74, 6) is 1.34. The molecule has 150 valence electrons. The number of guanidine groups is 1. The molecule has 2 rings (SSSR count). The smallest absolute Gasteiger partial charge is 0.223 e. The lowest BCUT2D eigenvalue weighted by atomic mass is 9.89. The minimum atomic E-state index is 0.223. The SMILES string of the molecule is CCCN1CCC(NC(=NCCNC(=O)C2CCCCC2)NCC)CC1. The summed E-state index contributed by atoms with van der Waals surface area (Å²) < 4.78 is 0. The third-order valence-electron chi connectivity index (χ3n) is 5.47. The first-order valence-electron chi connectivity index (χ1n) is 10.8. The highest BCUT2D eigenvalue weighted by Crippen LogP contribution is 2.23. The van der Waals surface area contributed by atoms with Crippen molar-refractivity contribution in [2.24, 2.45) is 10.9 Å². The molecule has 0 spiro atoms. The lowest BCUT2D eigenvalue weighted by Gasteiger charge is -2.32. The van der Waals surface area contributed by atoms with Crippen molar-refractivity contribution in [2.75, 3.05) is 39.3 Å². The van der Waals surface area contributed by atoms with Gasteiger partial charge < -0.3 is 20.9 Å². The minimum absolute atomic E-state index is 0.223. The fourth-order valence-corrected chi connectivity index (χ4v) is 3.99. The van der Waals surface area contributed by atoms with Crippen LogP contribution in [0.15, 0.2) is 4.99 Å². The second kappa shape index (κ2) is 12.2. The number of aliphatic imine (C=N–C) groups is 1. The van der Waals surface area contributed by atoms with Gasteiger partial charge in [0.1, 0.15) is 0 Å². The third kappa shape index (κ3) is 7.52. The van der Waals surface area contributed by atoms with Gasteiger partial charge in [0, 0.05) is 38.1 Å². The number of hydrogen-bond acceptors (Lipinski definition) is 3. The van der Waals surface area contributed by atoms with Crippen molar-refractivity contribution in [1.82, 2.24) is 20.9 Å². The van der Waals surface area contributed by atoms with Crippen LogP contribution in [0.25, 0.3) is 0 Å². The van der Waals surface area contributed by atoms with Crippen molar-refractivity contribution in [2.45, 2.75) is 71.3 Å². The van der Waals surface area contributed by atoms with Crippen molar-refractivity contribution >= 4 is 11.9 Å². The molecule has 1 heterocycles. The molecule has 0 radical (unpaired) electrons. The second-order valence-corrected chi connectivity index (χ2v) is 7.65. The Morgan fingerprint density at radius 2 is 1.77 bits per heavy atom. The van der Waals surface area contributed by atoms with E-state index in [1.165, 1.54) is 58.2 Å². The van der Waals surface area contributed by atoms with Gasteiger partial charge in [0.25, 0.3) is 0 Å². The predicted molar refractivity (Wildman–Crippen MR) is 108 cm³/mol. The van der Waals surface area contributed by atoms with Crippen molar-refractivity contribution in [3.63, 3.8) is 0 Å². The Morgan fingerprint density at radius 3 is 2.42 bits per heavy atom. The first kappa shape index (κ1) is 21.0. The average molecular weight is 366 g/mol. The molecule has 2 aliphatic rings. The Morgan fingerprint density at radius 1 is 1.04 bits per heavy atom. The number of likely N-dealkylation sites (tertiary alicyclic amines) is 1. The first-order chi connectivity index (χ1) is 12.7. The molecule has 0 aromatic rings. The number of nitrogens with one attached hydrogen (secondary N) is 3. The molecule has 1 aliphatic heterocycles. The molecule has 3 N–H and O–H groups in total. The number of carbonyl (C=O) groups is 1. The van der Waals surface area contributed by atoms with Gasteiger partial charge in [0.2, 0.25) is 5.91 Å². The van der Waals surface area contributed by atoms with Crippen LogP contribution in [-0.2, 0) is 4.79 Å². The Kier molecular flexibility index (Phi) is 9.82. The van der Waals surface area contributed by atoms with Crippen LogP contribution in [0.5, 0.6) is 0 Å². The molecule has 1 aliphatic carbocycles. The zero-order valence-electron chi connectivity index (χ0n) is 16.9. The highest BCUT2D eigenvalue weighted by molar-refractivity contribution is 5.80. The summed E-state index contributed by atoms with van der Waals surface area (Å²) in [6, 6.07) is 0.498. The molecule has 0 unspecified atom stereocenters.